The van der Waals surface area contributed by atoms with Gasteiger partial charge in [-0.2, -0.15) is 13.2 Å². The van der Waals surface area contributed by atoms with Crippen LogP contribution in [-0.2, 0) is 37.0 Å². The van der Waals surface area contributed by atoms with E-state index in [1.54, 1.807) is 6.08 Å². The summed E-state index contributed by atoms with van der Waals surface area (Å²) < 4.78 is 95.2. The first-order valence-corrected chi connectivity index (χ1v) is 19.7. The van der Waals surface area contributed by atoms with E-state index in [1.165, 1.54) is 25.1 Å². The van der Waals surface area contributed by atoms with Crippen LogP contribution in [0.15, 0.2) is 30.4 Å². The number of aromatic nitrogens is 1. The molecule has 2 aromatic rings. The zero-order chi connectivity index (χ0) is 39.6. The number of amides is 4. The number of carbonyl (C=O) groups is 4. The molecule has 19 heteroatoms. The van der Waals surface area contributed by atoms with Gasteiger partial charge in [0.25, 0.3) is 5.91 Å². The van der Waals surface area contributed by atoms with Crippen molar-refractivity contribution in [2.24, 2.45) is 5.92 Å². The molecule has 4 amide bonds. The lowest BCUT2D eigenvalue weighted by Gasteiger charge is -2.37. The second kappa shape index (κ2) is 13.8. The van der Waals surface area contributed by atoms with Gasteiger partial charge in [0.05, 0.1) is 16.8 Å². The van der Waals surface area contributed by atoms with Gasteiger partial charge in [0.1, 0.15) is 29.0 Å². The molecular formula is C36H41F4N5O9S. The standard InChI is InChI=1S/C36H41F4N5O9S/c1-33(13-14-33)55(51,52)44-31(48)35-16-20(35)7-5-3-2-4-6-8-25(42-32(49)50)30(47)45-18-34(17-26(45)29(46)43-35)12-11-22-23-15-21(53-19-37)9-10-24(23)41-28(27(22)54-34)36(38,39)40/h5,7,9-10,15,20,25-26,42H,2-4,6,8,11-14,16-19H2,1H3,(H,43,46)(H,44,48)(H,49,50)/t20-,25+,26+,34-,35-/m1/s1. The Morgan fingerprint density at radius 2 is 1.91 bits per heavy atom. The molecule has 1 aromatic heterocycles. The number of hydrogen-bond donors (Lipinski definition) is 4. The summed E-state index contributed by atoms with van der Waals surface area (Å²) in [7, 11) is -4.11. The second-order valence-corrected chi connectivity index (χ2v) is 17.6. The highest BCUT2D eigenvalue weighted by Crippen LogP contribution is 2.50. The highest BCUT2D eigenvalue weighted by atomic mass is 32.2. The maximum absolute atomic E-state index is 14.6. The molecule has 0 bridgehead atoms. The first-order chi connectivity index (χ1) is 25.9. The van der Waals surface area contributed by atoms with Crippen molar-refractivity contribution < 1.29 is 59.7 Å². The van der Waals surface area contributed by atoms with E-state index < -0.39 is 98.8 Å². The Morgan fingerprint density at radius 3 is 2.60 bits per heavy atom. The fraction of sp³-hybridized carbons (Fsp3) is 0.583. The van der Waals surface area contributed by atoms with Crippen molar-refractivity contribution in [3.63, 3.8) is 0 Å². The molecule has 4 N–H and O–H groups in total. The lowest BCUT2D eigenvalue weighted by molar-refractivity contribution is -0.144. The molecule has 5 atom stereocenters. The molecule has 7 rings (SSSR count). The van der Waals surface area contributed by atoms with E-state index in [9.17, 15) is 50.3 Å². The summed E-state index contributed by atoms with van der Waals surface area (Å²) in [6.45, 7) is -0.0946. The van der Waals surface area contributed by atoms with Gasteiger partial charge in [0.15, 0.2) is 11.4 Å². The van der Waals surface area contributed by atoms with E-state index in [-0.39, 0.29) is 54.3 Å². The molecule has 2 aliphatic carbocycles. The third-order valence-corrected chi connectivity index (χ3v) is 13.7. The maximum atomic E-state index is 14.6. The average molecular weight is 796 g/mol. The van der Waals surface area contributed by atoms with Crippen molar-refractivity contribution in [1.29, 1.82) is 0 Å². The molecule has 1 aromatic carbocycles. The number of fused-ring (bicyclic) bond motifs is 5. The first kappa shape index (κ1) is 38.6. The van der Waals surface area contributed by atoms with Gasteiger partial charge in [0.2, 0.25) is 28.7 Å². The van der Waals surface area contributed by atoms with Gasteiger partial charge in [-0.3, -0.25) is 19.1 Å². The van der Waals surface area contributed by atoms with Crippen LogP contribution in [0.2, 0.25) is 0 Å². The Labute approximate surface area is 313 Å². The monoisotopic (exact) mass is 795 g/mol. The molecule has 14 nitrogen and oxygen atoms in total. The maximum Gasteiger partial charge on any atom is 0.437 e. The number of rotatable bonds is 6. The van der Waals surface area contributed by atoms with Crippen LogP contribution in [0.25, 0.3) is 10.9 Å². The number of carbonyl (C=O) groups excluding carboxylic acids is 3. The Balaban J connectivity index is 1.27. The summed E-state index contributed by atoms with van der Waals surface area (Å²) in [6, 6.07) is 1.13. The van der Waals surface area contributed by atoms with Crippen LogP contribution in [0.3, 0.4) is 0 Å². The SMILES string of the molecule is CC1(S(=O)(=O)NC(=O)[C@@]23C[C@H]2C=CCCCCC[C@H](NC(=O)O)C(=O)N2C[C@@]4(CCc5c(c(C(F)(F)F)nc6ccc(OCF)cc56)O4)C[C@H]2C(=O)N3)CC1. The summed E-state index contributed by atoms with van der Waals surface area (Å²) in [5, 5.41) is 14.8. The predicted octanol–water partition coefficient (Wildman–Crippen LogP) is 4.25. The van der Waals surface area contributed by atoms with Crippen molar-refractivity contribution in [2.45, 2.75) is 112 Å². The van der Waals surface area contributed by atoms with Gasteiger partial charge in [0, 0.05) is 23.3 Å². The quantitative estimate of drug-likeness (QED) is 0.243. The number of pyridine rings is 1. The van der Waals surface area contributed by atoms with Crippen LogP contribution in [0.5, 0.6) is 11.5 Å². The number of carboxylic acid groups (broad SMARTS) is 1. The number of ether oxygens (including phenoxy) is 2. The van der Waals surface area contributed by atoms with Crippen LogP contribution in [0, 0.1) is 5.92 Å². The van der Waals surface area contributed by atoms with E-state index >= 15 is 0 Å². The van der Waals surface area contributed by atoms with Gasteiger partial charge in [-0.15, -0.1) is 0 Å². The smallest absolute Gasteiger partial charge is 0.437 e. The molecule has 5 aliphatic rings. The van der Waals surface area contributed by atoms with Crippen molar-refractivity contribution in [3.8, 4) is 11.5 Å². The topological polar surface area (TPSA) is 193 Å². The number of nitrogens with one attached hydrogen (secondary N) is 3. The van der Waals surface area contributed by atoms with Crippen molar-refractivity contribution in [3.05, 3.63) is 41.6 Å². The second-order valence-electron chi connectivity index (χ2n) is 15.4. The van der Waals surface area contributed by atoms with Gasteiger partial charge >= 0.3 is 12.3 Å². The predicted molar refractivity (Wildman–Crippen MR) is 186 cm³/mol. The molecule has 55 heavy (non-hydrogen) atoms. The average Bonchev–Trinajstić information content (AvgIpc) is 4.01. The summed E-state index contributed by atoms with van der Waals surface area (Å²) >= 11 is 0. The van der Waals surface area contributed by atoms with E-state index in [0.717, 1.165) is 4.90 Å². The summed E-state index contributed by atoms with van der Waals surface area (Å²) in [5.74, 6) is -3.81. The zero-order valence-electron chi connectivity index (χ0n) is 29.8. The molecule has 298 valence electrons. The fourth-order valence-electron chi connectivity index (χ4n) is 8.00. The number of aryl methyl sites for hydroxylation is 1. The van der Waals surface area contributed by atoms with Crippen LogP contribution in [0.4, 0.5) is 22.4 Å². The van der Waals surface area contributed by atoms with Crippen molar-refractivity contribution in [2.75, 3.05) is 13.4 Å². The molecule has 1 spiro atoms. The minimum Gasteiger partial charge on any atom is -0.483 e. The lowest BCUT2D eigenvalue weighted by Crippen LogP contribution is -2.58. The molecule has 0 radical (unpaired) electrons. The molecule has 1 saturated heterocycles. The Morgan fingerprint density at radius 1 is 1.15 bits per heavy atom. The van der Waals surface area contributed by atoms with Crippen molar-refractivity contribution in [1.82, 2.24) is 25.2 Å². The Bertz CT molecular complexity index is 2080. The number of benzene rings is 1. The summed E-state index contributed by atoms with van der Waals surface area (Å²) in [4.78, 5) is 59.3. The molecular weight excluding hydrogens is 754 g/mol. The number of hydrogen-bond acceptors (Lipinski definition) is 9. The Hall–Kier alpha value is -4.68. The van der Waals surface area contributed by atoms with Crippen LogP contribution < -0.4 is 24.8 Å². The van der Waals surface area contributed by atoms with Crippen LogP contribution >= 0.6 is 0 Å². The minimum atomic E-state index is -5.00. The van der Waals surface area contributed by atoms with E-state index in [4.69, 9.17) is 9.47 Å². The van der Waals surface area contributed by atoms with Crippen LogP contribution in [-0.4, -0.2) is 88.6 Å². The van der Waals surface area contributed by atoms with Gasteiger partial charge in [-0.05, 0) is 76.5 Å². The highest BCUT2D eigenvalue weighted by Gasteiger charge is 2.64. The fourth-order valence-corrected chi connectivity index (χ4v) is 9.32. The number of nitrogens with zero attached hydrogens (tertiary/aromatic N) is 2. The number of halogens is 4. The number of alkyl halides is 4. The third kappa shape index (κ3) is 7.26. The lowest BCUT2D eigenvalue weighted by atomic mass is 9.87. The minimum absolute atomic E-state index is 0.00299. The first-order valence-electron chi connectivity index (χ1n) is 18.2. The molecule has 3 fully saturated rings. The summed E-state index contributed by atoms with van der Waals surface area (Å²) in [6.07, 6.45) is -0.236. The summed E-state index contributed by atoms with van der Waals surface area (Å²) in [5.41, 5.74) is -4.57. The number of sulfonamides is 1. The van der Waals surface area contributed by atoms with E-state index in [1.807, 2.05) is 6.08 Å². The van der Waals surface area contributed by atoms with Crippen LogP contribution in [0.1, 0.15) is 82.4 Å². The Kier molecular flexibility index (Phi) is 9.69. The van der Waals surface area contributed by atoms with Crippen molar-refractivity contribution >= 4 is 44.7 Å². The molecule has 2 saturated carbocycles. The van der Waals surface area contributed by atoms with E-state index in [2.05, 4.69) is 20.3 Å². The van der Waals surface area contributed by atoms with Gasteiger partial charge in [-0.1, -0.05) is 25.0 Å². The number of allylic oxidation sites excluding steroid dienone is 1. The van der Waals surface area contributed by atoms with Gasteiger partial charge in [-0.25, -0.2) is 22.6 Å². The van der Waals surface area contributed by atoms with E-state index in [0.29, 0.717) is 38.5 Å². The largest absolute Gasteiger partial charge is 0.483 e. The highest BCUT2D eigenvalue weighted by molar-refractivity contribution is 7.91. The molecule has 3 aliphatic heterocycles. The zero-order valence-corrected chi connectivity index (χ0v) is 30.7. The third-order valence-electron chi connectivity index (χ3n) is 11.6. The van der Waals surface area contributed by atoms with Gasteiger partial charge < -0.3 is 30.1 Å². The molecule has 4 heterocycles. The normalized spacial score (nSPS) is 29.1. The molecule has 0 unspecified atom stereocenters.